The standard InChI is InChI=1S/C50H32N6/c1-2-13-37(14-3-1)55-46-19-5-4-16-39(46)40-23-21-34(31-48(40)55)35-22-24-41-49(32-35)56(47-20-11-27-53-50(41)47)38-15-10-12-33(28-38)36-29-44(42-17-6-8-25-51-42)54-45(30-36)43-18-7-9-26-52-43/h1-32H. The lowest BCUT2D eigenvalue weighted by atomic mass is 10.0. The van der Waals surface area contributed by atoms with E-state index in [0.29, 0.717) is 0 Å². The Kier molecular flexibility index (Phi) is 7.38. The fraction of sp³-hybridized carbons (Fsp3) is 0. The van der Waals surface area contributed by atoms with Crippen LogP contribution >= 0.6 is 0 Å². The zero-order chi connectivity index (χ0) is 37.0. The molecule has 6 heterocycles. The molecule has 0 amide bonds. The molecule has 0 spiro atoms. The van der Waals surface area contributed by atoms with Crippen LogP contribution in [0.2, 0.25) is 0 Å². The first-order valence-electron chi connectivity index (χ1n) is 18.7. The summed E-state index contributed by atoms with van der Waals surface area (Å²) in [5, 5.41) is 3.58. The lowest BCUT2D eigenvalue weighted by Crippen LogP contribution is -1.96. The van der Waals surface area contributed by atoms with Crippen molar-refractivity contribution in [3.8, 4) is 56.4 Å². The Morgan fingerprint density at radius 2 is 0.875 bits per heavy atom. The SMILES string of the molecule is c1ccc(-n2c3ccccc3c3ccc(-c4ccc5c6ncccc6n(-c6cccc(-c7cc(-c8ccccn8)nc(-c8ccccn8)c7)c6)c5c4)cc32)cc1. The van der Waals surface area contributed by atoms with E-state index in [9.17, 15) is 0 Å². The predicted molar refractivity (Wildman–Crippen MR) is 228 cm³/mol. The second-order valence-corrected chi connectivity index (χ2v) is 14.0. The van der Waals surface area contributed by atoms with Crippen LogP contribution in [-0.4, -0.2) is 29.1 Å². The lowest BCUT2D eigenvalue weighted by molar-refractivity contribution is 1.17. The molecule has 0 radical (unpaired) electrons. The van der Waals surface area contributed by atoms with Crippen molar-refractivity contribution in [2.45, 2.75) is 0 Å². The van der Waals surface area contributed by atoms with E-state index in [1.54, 1.807) is 12.4 Å². The van der Waals surface area contributed by atoms with Crippen molar-refractivity contribution >= 4 is 43.7 Å². The molecule has 56 heavy (non-hydrogen) atoms. The predicted octanol–water partition coefficient (Wildman–Crippen LogP) is 12.1. The molecular weight excluding hydrogens is 685 g/mol. The van der Waals surface area contributed by atoms with Gasteiger partial charge in [0.05, 0.1) is 50.4 Å². The molecule has 0 unspecified atom stereocenters. The van der Waals surface area contributed by atoms with Gasteiger partial charge in [-0.2, -0.15) is 0 Å². The molecule has 11 aromatic rings. The molecule has 0 aliphatic carbocycles. The minimum atomic E-state index is 0.795. The summed E-state index contributed by atoms with van der Waals surface area (Å²) in [5.74, 6) is 0. The van der Waals surface area contributed by atoms with E-state index in [4.69, 9.17) is 9.97 Å². The van der Waals surface area contributed by atoms with Gasteiger partial charge in [0.15, 0.2) is 0 Å². The van der Waals surface area contributed by atoms with Gasteiger partial charge in [-0.1, -0.05) is 78.9 Å². The van der Waals surface area contributed by atoms with Gasteiger partial charge in [0.1, 0.15) is 0 Å². The molecule has 6 aromatic heterocycles. The molecular formula is C50H32N6. The Hall–Kier alpha value is -7.70. The Bertz CT molecular complexity index is 3180. The summed E-state index contributed by atoms with van der Waals surface area (Å²) in [6, 6.07) is 61.8. The molecule has 5 aromatic carbocycles. The molecule has 0 aliphatic rings. The van der Waals surface area contributed by atoms with Gasteiger partial charge in [-0.15, -0.1) is 0 Å². The number of benzene rings is 5. The number of pyridine rings is 4. The first-order valence-corrected chi connectivity index (χ1v) is 18.7. The average Bonchev–Trinajstić information content (AvgIpc) is 3.79. The first-order chi connectivity index (χ1) is 27.8. The largest absolute Gasteiger partial charge is 0.309 e. The number of hydrogen-bond donors (Lipinski definition) is 0. The minimum absolute atomic E-state index is 0.795. The van der Waals surface area contributed by atoms with Gasteiger partial charge in [0, 0.05) is 46.1 Å². The summed E-state index contributed by atoms with van der Waals surface area (Å²) >= 11 is 0. The first kappa shape index (κ1) is 31.8. The van der Waals surface area contributed by atoms with Crippen molar-refractivity contribution in [2.24, 2.45) is 0 Å². The average molecular weight is 717 g/mol. The maximum atomic E-state index is 5.01. The van der Waals surface area contributed by atoms with Gasteiger partial charge in [-0.25, -0.2) is 4.98 Å². The molecule has 262 valence electrons. The van der Waals surface area contributed by atoms with Gasteiger partial charge in [0.25, 0.3) is 0 Å². The fourth-order valence-electron chi connectivity index (χ4n) is 8.11. The van der Waals surface area contributed by atoms with Crippen LogP contribution in [0.1, 0.15) is 0 Å². The van der Waals surface area contributed by atoms with E-state index >= 15 is 0 Å². The van der Waals surface area contributed by atoms with Gasteiger partial charge in [-0.3, -0.25) is 15.0 Å². The highest BCUT2D eigenvalue weighted by molar-refractivity contribution is 6.11. The van der Waals surface area contributed by atoms with Crippen molar-refractivity contribution in [3.05, 3.63) is 195 Å². The maximum Gasteiger partial charge on any atom is 0.0963 e. The van der Waals surface area contributed by atoms with Crippen LogP contribution in [0.15, 0.2) is 195 Å². The number of aromatic nitrogens is 6. The van der Waals surface area contributed by atoms with Crippen molar-refractivity contribution < 1.29 is 0 Å². The molecule has 0 aliphatic heterocycles. The van der Waals surface area contributed by atoms with Crippen LogP contribution in [0.5, 0.6) is 0 Å². The van der Waals surface area contributed by atoms with Crippen molar-refractivity contribution in [2.75, 3.05) is 0 Å². The Morgan fingerprint density at radius 1 is 0.304 bits per heavy atom. The third-order valence-electron chi connectivity index (χ3n) is 10.7. The van der Waals surface area contributed by atoms with Crippen molar-refractivity contribution in [1.29, 1.82) is 0 Å². The van der Waals surface area contributed by atoms with Gasteiger partial charge in [0.2, 0.25) is 0 Å². The molecule has 6 nitrogen and oxygen atoms in total. The van der Waals surface area contributed by atoms with Crippen LogP contribution in [0, 0.1) is 0 Å². The number of fused-ring (bicyclic) bond motifs is 6. The Morgan fingerprint density at radius 3 is 1.61 bits per heavy atom. The van der Waals surface area contributed by atoms with Crippen LogP contribution in [-0.2, 0) is 0 Å². The summed E-state index contributed by atoms with van der Waals surface area (Å²) < 4.78 is 4.71. The highest BCUT2D eigenvalue weighted by atomic mass is 15.0. The summed E-state index contributed by atoms with van der Waals surface area (Å²) in [5.41, 5.74) is 15.3. The van der Waals surface area contributed by atoms with Crippen molar-refractivity contribution in [1.82, 2.24) is 29.1 Å². The summed E-state index contributed by atoms with van der Waals surface area (Å²) in [6.07, 6.45) is 5.48. The van der Waals surface area contributed by atoms with E-state index < -0.39 is 0 Å². The van der Waals surface area contributed by atoms with Gasteiger partial charge < -0.3 is 9.13 Å². The van der Waals surface area contributed by atoms with Crippen LogP contribution in [0.4, 0.5) is 0 Å². The molecule has 0 N–H and O–H groups in total. The lowest BCUT2D eigenvalue weighted by Gasteiger charge is -2.13. The van der Waals surface area contributed by atoms with E-state index in [0.717, 1.165) is 78.3 Å². The molecule has 0 saturated carbocycles. The van der Waals surface area contributed by atoms with E-state index in [1.807, 2.05) is 48.7 Å². The zero-order valence-electron chi connectivity index (χ0n) is 30.2. The number of hydrogen-bond acceptors (Lipinski definition) is 4. The number of para-hydroxylation sites is 2. The topological polar surface area (TPSA) is 61.4 Å². The molecule has 0 bridgehead atoms. The van der Waals surface area contributed by atoms with Gasteiger partial charge >= 0.3 is 0 Å². The number of nitrogens with zero attached hydrogens (tertiary/aromatic N) is 6. The monoisotopic (exact) mass is 716 g/mol. The summed E-state index contributed by atoms with van der Waals surface area (Å²) in [6.45, 7) is 0. The van der Waals surface area contributed by atoms with Crippen LogP contribution < -0.4 is 0 Å². The summed E-state index contributed by atoms with van der Waals surface area (Å²) in [7, 11) is 0. The maximum absolute atomic E-state index is 5.01. The Balaban J connectivity index is 1.08. The van der Waals surface area contributed by atoms with Crippen molar-refractivity contribution in [3.63, 3.8) is 0 Å². The summed E-state index contributed by atoms with van der Waals surface area (Å²) in [4.78, 5) is 19.2. The molecule has 6 heteroatoms. The molecule has 0 atom stereocenters. The number of rotatable bonds is 6. The third-order valence-corrected chi connectivity index (χ3v) is 10.7. The second kappa shape index (κ2) is 13.0. The highest BCUT2D eigenvalue weighted by Crippen LogP contribution is 2.38. The smallest absolute Gasteiger partial charge is 0.0963 e. The van der Waals surface area contributed by atoms with E-state index in [2.05, 4.69) is 153 Å². The molecule has 11 rings (SSSR count). The van der Waals surface area contributed by atoms with E-state index in [1.165, 1.54) is 21.8 Å². The normalized spacial score (nSPS) is 11.6. The zero-order valence-corrected chi connectivity index (χ0v) is 30.2. The quantitative estimate of drug-likeness (QED) is 0.172. The van der Waals surface area contributed by atoms with Gasteiger partial charge in [-0.05, 0) is 119 Å². The highest BCUT2D eigenvalue weighted by Gasteiger charge is 2.18. The minimum Gasteiger partial charge on any atom is -0.309 e. The fourth-order valence-corrected chi connectivity index (χ4v) is 8.11. The van der Waals surface area contributed by atoms with Crippen LogP contribution in [0.3, 0.4) is 0 Å². The molecule has 0 fully saturated rings. The molecule has 0 saturated heterocycles. The second-order valence-electron chi connectivity index (χ2n) is 14.0. The Labute approximate surface area is 322 Å². The third kappa shape index (κ3) is 5.27. The van der Waals surface area contributed by atoms with E-state index in [-0.39, 0.29) is 0 Å². The van der Waals surface area contributed by atoms with Crippen LogP contribution in [0.25, 0.3) is 100 Å².